The highest BCUT2D eigenvalue weighted by molar-refractivity contribution is 5.81. The second-order valence-electron chi connectivity index (χ2n) is 3.98. The van der Waals surface area contributed by atoms with Crippen molar-refractivity contribution in [2.75, 3.05) is 13.6 Å². The van der Waals surface area contributed by atoms with Gasteiger partial charge in [0.05, 0.1) is 6.54 Å². The summed E-state index contributed by atoms with van der Waals surface area (Å²) >= 11 is 0. The monoisotopic (exact) mass is 203 g/mol. The van der Waals surface area contributed by atoms with E-state index in [0.29, 0.717) is 0 Å². The van der Waals surface area contributed by atoms with Crippen molar-refractivity contribution in [1.82, 2.24) is 4.90 Å². The van der Waals surface area contributed by atoms with Crippen LogP contribution in [-0.4, -0.2) is 18.5 Å². The average Bonchev–Trinajstić information content (AvgIpc) is 2.57. The van der Waals surface area contributed by atoms with E-state index in [2.05, 4.69) is 37.9 Å². The van der Waals surface area contributed by atoms with Crippen molar-refractivity contribution in [3.8, 4) is 0 Å². The van der Waals surface area contributed by atoms with Crippen LogP contribution in [0, 0.1) is 6.92 Å². The number of para-hydroxylation sites is 1. The fourth-order valence-corrected chi connectivity index (χ4v) is 1.73. The quantitative estimate of drug-likeness (QED) is 0.761. The topological polar surface area (TPSA) is 16.4 Å². The Morgan fingerprint density at radius 1 is 1.27 bits per heavy atom. The molecule has 2 nitrogen and oxygen atoms in total. The maximum atomic E-state index is 5.83. The van der Waals surface area contributed by atoms with Crippen LogP contribution < -0.4 is 0 Å². The summed E-state index contributed by atoms with van der Waals surface area (Å²) in [6, 6.07) is 8.21. The molecular weight excluding hydrogens is 186 g/mol. The lowest BCUT2D eigenvalue weighted by Gasteiger charge is -2.11. The minimum atomic E-state index is 0.886. The number of furan rings is 1. The molecular formula is C13H17NO. The molecule has 0 radical (unpaired) electrons. The minimum absolute atomic E-state index is 0.886. The lowest BCUT2D eigenvalue weighted by atomic mass is 10.1. The standard InChI is InChI=1S/C13H17NO/c1-4-14(3)9-13-10(2)11-7-5-6-8-12(11)15-13/h5-8H,4,9H2,1-3H3. The first kappa shape index (κ1) is 10.2. The number of hydrogen-bond acceptors (Lipinski definition) is 2. The molecule has 0 unspecified atom stereocenters. The van der Waals surface area contributed by atoms with Gasteiger partial charge in [0.1, 0.15) is 11.3 Å². The van der Waals surface area contributed by atoms with Gasteiger partial charge in [0.2, 0.25) is 0 Å². The lowest BCUT2D eigenvalue weighted by Crippen LogP contribution is -2.16. The molecule has 2 heteroatoms. The van der Waals surface area contributed by atoms with E-state index in [-0.39, 0.29) is 0 Å². The molecule has 0 aliphatic rings. The summed E-state index contributed by atoms with van der Waals surface area (Å²) in [5.41, 5.74) is 2.26. The average molecular weight is 203 g/mol. The van der Waals surface area contributed by atoms with E-state index in [1.54, 1.807) is 0 Å². The Bertz CT molecular complexity index is 459. The van der Waals surface area contributed by atoms with E-state index in [4.69, 9.17) is 4.42 Å². The number of nitrogens with zero attached hydrogens (tertiary/aromatic N) is 1. The zero-order valence-electron chi connectivity index (χ0n) is 9.58. The van der Waals surface area contributed by atoms with Gasteiger partial charge in [0.25, 0.3) is 0 Å². The number of benzene rings is 1. The van der Waals surface area contributed by atoms with Crippen molar-refractivity contribution < 1.29 is 4.42 Å². The molecule has 80 valence electrons. The summed E-state index contributed by atoms with van der Waals surface area (Å²) in [5, 5.41) is 1.23. The molecule has 15 heavy (non-hydrogen) atoms. The van der Waals surface area contributed by atoms with Gasteiger partial charge >= 0.3 is 0 Å². The first-order valence-electron chi connectivity index (χ1n) is 5.38. The van der Waals surface area contributed by atoms with Gasteiger partial charge in [0.15, 0.2) is 0 Å². The van der Waals surface area contributed by atoms with Crippen LogP contribution in [0.2, 0.25) is 0 Å². The van der Waals surface area contributed by atoms with E-state index >= 15 is 0 Å². The number of fused-ring (bicyclic) bond motifs is 1. The molecule has 1 aromatic carbocycles. The summed E-state index contributed by atoms with van der Waals surface area (Å²) in [6.45, 7) is 6.20. The molecule has 0 aliphatic carbocycles. The number of rotatable bonds is 3. The number of hydrogen-bond donors (Lipinski definition) is 0. The van der Waals surface area contributed by atoms with Gasteiger partial charge < -0.3 is 4.42 Å². The Morgan fingerprint density at radius 3 is 2.67 bits per heavy atom. The van der Waals surface area contributed by atoms with Gasteiger partial charge in [0, 0.05) is 5.39 Å². The zero-order valence-corrected chi connectivity index (χ0v) is 9.58. The predicted octanol–water partition coefficient (Wildman–Crippen LogP) is 3.19. The van der Waals surface area contributed by atoms with Crippen molar-refractivity contribution in [1.29, 1.82) is 0 Å². The summed E-state index contributed by atoms with van der Waals surface area (Å²) in [5.74, 6) is 1.08. The first-order chi connectivity index (χ1) is 7.22. The Morgan fingerprint density at radius 2 is 2.00 bits per heavy atom. The smallest absolute Gasteiger partial charge is 0.134 e. The maximum Gasteiger partial charge on any atom is 0.134 e. The van der Waals surface area contributed by atoms with Crippen LogP contribution >= 0.6 is 0 Å². The van der Waals surface area contributed by atoms with E-state index in [9.17, 15) is 0 Å². The van der Waals surface area contributed by atoms with Gasteiger partial charge in [-0.3, -0.25) is 4.90 Å². The van der Waals surface area contributed by atoms with Crippen molar-refractivity contribution in [2.24, 2.45) is 0 Å². The van der Waals surface area contributed by atoms with Crippen molar-refractivity contribution in [3.05, 3.63) is 35.6 Å². The molecule has 0 aliphatic heterocycles. The molecule has 2 aromatic rings. The summed E-state index contributed by atoms with van der Waals surface area (Å²) in [7, 11) is 2.10. The Balaban J connectivity index is 2.40. The van der Waals surface area contributed by atoms with Crippen molar-refractivity contribution in [3.63, 3.8) is 0 Å². The molecule has 0 amide bonds. The van der Waals surface area contributed by atoms with Crippen LogP contribution in [0.1, 0.15) is 18.2 Å². The van der Waals surface area contributed by atoms with Crippen molar-refractivity contribution in [2.45, 2.75) is 20.4 Å². The van der Waals surface area contributed by atoms with Crippen LogP contribution in [0.15, 0.2) is 28.7 Å². The van der Waals surface area contributed by atoms with E-state index in [1.807, 2.05) is 12.1 Å². The van der Waals surface area contributed by atoms with Gasteiger partial charge in [-0.1, -0.05) is 25.1 Å². The second kappa shape index (κ2) is 4.07. The third-order valence-corrected chi connectivity index (χ3v) is 2.90. The molecule has 0 saturated carbocycles. The molecule has 0 atom stereocenters. The Hall–Kier alpha value is -1.28. The molecule has 2 rings (SSSR count). The first-order valence-corrected chi connectivity index (χ1v) is 5.38. The summed E-state index contributed by atoms with van der Waals surface area (Å²) in [6.07, 6.45) is 0. The molecule has 0 saturated heterocycles. The van der Waals surface area contributed by atoms with Gasteiger partial charge in [-0.2, -0.15) is 0 Å². The lowest BCUT2D eigenvalue weighted by molar-refractivity contribution is 0.313. The fraction of sp³-hybridized carbons (Fsp3) is 0.385. The van der Waals surface area contributed by atoms with E-state index < -0.39 is 0 Å². The Kier molecular flexibility index (Phi) is 2.78. The predicted molar refractivity (Wildman–Crippen MR) is 63.0 cm³/mol. The van der Waals surface area contributed by atoms with Gasteiger partial charge in [-0.05, 0) is 32.1 Å². The molecule has 0 bridgehead atoms. The highest BCUT2D eigenvalue weighted by Crippen LogP contribution is 2.25. The normalized spacial score (nSPS) is 11.5. The Labute approximate surface area is 90.5 Å². The van der Waals surface area contributed by atoms with Crippen molar-refractivity contribution >= 4 is 11.0 Å². The van der Waals surface area contributed by atoms with E-state index in [0.717, 1.165) is 24.4 Å². The molecule has 0 fully saturated rings. The maximum absolute atomic E-state index is 5.83. The molecule has 1 aromatic heterocycles. The molecule has 0 N–H and O–H groups in total. The van der Waals surface area contributed by atoms with Crippen LogP contribution in [0.4, 0.5) is 0 Å². The highest BCUT2D eigenvalue weighted by atomic mass is 16.3. The third-order valence-electron chi connectivity index (χ3n) is 2.90. The van der Waals surface area contributed by atoms with Crippen LogP contribution in [0.5, 0.6) is 0 Å². The van der Waals surface area contributed by atoms with Gasteiger partial charge in [-0.15, -0.1) is 0 Å². The zero-order chi connectivity index (χ0) is 10.8. The number of aryl methyl sites for hydroxylation is 1. The van der Waals surface area contributed by atoms with Crippen LogP contribution in [0.3, 0.4) is 0 Å². The van der Waals surface area contributed by atoms with E-state index in [1.165, 1.54) is 10.9 Å². The summed E-state index contributed by atoms with van der Waals surface area (Å²) < 4.78 is 5.83. The van der Waals surface area contributed by atoms with Crippen LogP contribution in [0.25, 0.3) is 11.0 Å². The van der Waals surface area contributed by atoms with Gasteiger partial charge in [-0.25, -0.2) is 0 Å². The molecule has 1 heterocycles. The van der Waals surface area contributed by atoms with Crippen LogP contribution in [-0.2, 0) is 6.54 Å². The largest absolute Gasteiger partial charge is 0.459 e. The second-order valence-corrected chi connectivity index (χ2v) is 3.98. The minimum Gasteiger partial charge on any atom is -0.459 e. The summed E-state index contributed by atoms with van der Waals surface area (Å²) in [4.78, 5) is 2.24. The SMILES string of the molecule is CCN(C)Cc1oc2ccccc2c1C. The fourth-order valence-electron chi connectivity index (χ4n) is 1.73. The molecule has 0 spiro atoms. The highest BCUT2D eigenvalue weighted by Gasteiger charge is 2.10. The third kappa shape index (κ3) is 1.90.